The molecule has 2 rings (SSSR count). The van der Waals surface area contributed by atoms with Gasteiger partial charge >= 0.3 is 0 Å². The van der Waals surface area contributed by atoms with Crippen LogP contribution in [0.25, 0.3) is 0 Å². The number of amides is 1. The Morgan fingerprint density at radius 1 is 1.26 bits per heavy atom. The number of nitrogens with zero attached hydrogens (tertiary/aromatic N) is 1. The second-order valence-electron chi connectivity index (χ2n) is 3.90. The Morgan fingerprint density at radius 3 is 2.63 bits per heavy atom. The number of carbonyl (C=O) groups is 1. The molecule has 0 spiro atoms. The zero-order chi connectivity index (χ0) is 14.0. The topological polar surface area (TPSA) is 42.0 Å². The SMILES string of the molecule is Cc1cc(NC(=O)c2ccc(Cl)cc2Br)ncc1Br. The van der Waals surface area contributed by atoms with Crippen molar-refractivity contribution in [2.45, 2.75) is 6.92 Å². The molecular weight excluding hydrogens is 395 g/mol. The second-order valence-corrected chi connectivity index (χ2v) is 6.04. The molecule has 98 valence electrons. The molecule has 2 aromatic rings. The number of benzene rings is 1. The summed E-state index contributed by atoms with van der Waals surface area (Å²) in [5.74, 6) is 0.269. The molecule has 1 aromatic heterocycles. The molecule has 3 nitrogen and oxygen atoms in total. The molecule has 6 heteroatoms. The van der Waals surface area contributed by atoms with Crippen LogP contribution in [-0.2, 0) is 0 Å². The van der Waals surface area contributed by atoms with E-state index in [2.05, 4.69) is 42.2 Å². The van der Waals surface area contributed by atoms with E-state index >= 15 is 0 Å². The third-order valence-electron chi connectivity index (χ3n) is 2.46. The number of aromatic nitrogens is 1. The van der Waals surface area contributed by atoms with Gasteiger partial charge in [0, 0.05) is 20.2 Å². The molecule has 0 saturated carbocycles. The van der Waals surface area contributed by atoms with E-state index in [0.717, 1.165) is 10.0 Å². The van der Waals surface area contributed by atoms with Crippen LogP contribution in [0.1, 0.15) is 15.9 Å². The molecular formula is C13H9Br2ClN2O. The van der Waals surface area contributed by atoms with Crippen LogP contribution in [-0.4, -0.2) is 10.9 Å². The van der Waals surface area contributed by atoms with E-state index < -0.39 is 0 Å². The number of aryl methyl sites for hydroxylation is 1. The van der Waals surface area contributed by atoms with E-state index in [0.29, 0.717) is 20.9 Å². The first-order valence-electron chi connectivity index (χ1n) is 5.36. The lowest BCUT2D eigenvalue weighted by molar-refractivity contribution is 0.102. The summed E-state index contributed by atoms with van der Waals surface area (Å²) in [4.78, 5) is 16.2. The summed E-state index contributed by atoms with van der Waals surface area (Å²) in [6.45, 7) is 1.93. The quantitative estimate of drug-likeness (QED) is 0.780. The number of anilines is 1. The molecule has 0 aliphatic carbocycles. The van der Waals surface area contributed by atoms with Crippen LogP contribution in [0.5, 0.6) is 0 Å². The largest absolute Gasteiger partial charge is 0.307 e. The van der Waals surface area contributed by atoms with Crippen LogP contribution in [0.15, 0.2) is 39.4 Å². The molecule has 0 radical (unpaired) electrons. The lowest BCUT2D eigenvalue weighted by Gasteiger charge is -2.07. The molecule has 1 heterocycles. The van der Waals surface area contributed by atoms with Crippen LogP contribution in [0.4, 0.5) is 5.82 Å². The van der Waals surface area contributed by atoms with Crippen molar-refractivity contribution in [3.8, 4) is 0 Å². The van der Waals surface area contributed by atoms with Gasteiger partial charge in [-0.25, -0.2) is 4.98 Å². The Balaban J connectivity index is 2.23. The predicted molar refractivity (Wildman–Crippen MR) is 83.8 cm³/mol. The minimum atomic E-state index is -0.238. The fourth-order valence-corrected chi connectivity index (χ4v) is 2.54. The number of hydrogen-bond acceptors (Lipinski definition) is 2. The van der Waals surface area contributed by atoms with E-state index in [4.69, 9.17) is 11.6 Å². The van der Waals surface area contributed by atoms with E-state index in [1.165, 1.54) is 0 Å². The van der Waals surface area contributed by atoms with Crippen molar-refractivity contribution >= 4 is 55.2 Å². The Bertz CT molecular complexity index is 647. The number of hydrogen-bond donors (Lipinski definition) is 1. The van der Waals surface area contributed by atoms with Gasteiger partial charge in [-0.2, -0.15) is 0 Å². The second kappa shape index (κ2) is 6.03. The van der Waals surface area contributed by atoms with Crippen molar-refractivity contribution in [3.05, 3.63) is 55.6 Å². The highest BCUT2D eigenvalue weighted by Crippen LogP contribution is 2.23. The molecule has 0 saturated heterocycles. The van der Waals surface area contributed by atoms with Crippen LogP contribution in [0.2, 0.25) is 5.02 Å². The molecule has 19 heavy (non-hydrogen) atoms. The van der Waals surface area contributed by atoms with Gasteiger partial charge in [0.05, 0.1) is 5.56 Å². The summed E-state index contributed by atoms with van der Waals surface area (Å²) < 4.78 is 1.55. The van der Waals surface area contributed by atoms with Gasteiger partial charge in [0.15, 0.2) is 0 Å². The normalized spacial score (nSPS) is 10.3. The average Bonchev–Trinajstić information content (AvgIpc) is 2.33. The van der Waals surface area contributed by atoms with Gasteiger partial charge in [-0.1, -0.05) is 11.6 Å². The van der Waals surface area contributed by atoms with Crippen molar-refractivity contribution in [1.29, 1.82) is 0 Å². The predicted octanol–water partition coefficient (Wildman–Crippen LogP) is 4.82. The number of pyridine rings is 1. The van der Waals surface area contributed by atoms with Crippen molar-refractivity contribution in [2.24, 2.45) is 0 Å². The average molecular weight is 404 g/mol. The van der Waals surface area contributed by atoms with Crippen molar-refractivity contribution in [1.82, 2.24) is 4.98 Å². The lowest BCUT2D eigenvalue weighted by atomic mass is 10.2. The van der Waals surface area contributed by atoms with E-state index in [-0.39, 0.29) is 5.91 Å². The fourth-order valence-electron chi connectivity index (χ4n) is 1.46. The third-order valence-corrected chi connectivity index (χ3v) is 4.19. The smallest absolute Gasteiger partial charge is 0.257 e. The zero-order valence-electron chi connectivity index (χ0n) is 9.88. The maximum Gasteiger partial charge on any atom is 0.257 e. The molecule has 1 N–H and O–H groups in total. The van der Waals surface area contributed by atoms with Crippen LogP contribution in [0, 0.1) is 6.92 Å². The summed E-state index contributed by atoms with van der Waals surface area (Å²) in [7, 11) is 0. The van der Waals surface area contributed by atoms with Crippen LogP contribution >= 0.6 is 43.5 Å². The van der Waals surface area contributed by atoms with Gasteiger partial charge < -0.3 is 5.32 Å². The Labute approximate surface area is 132 Å². The molecule has 0 unspecified atom stereocenters. The molecule has 0 atom stereocenters. The van der Waals surface area contributed by atoms with Gasteiger partial charge in [-0.15, -0.1) is 0 Å². The minimum absolute atomic E-state index is 0.238. The summed E-state index contributed by atoms with van der Waals surface area (Å²) in [6, 6.07) is 6.80. The first kappa shape index (κ1) is 14.5. The maximum absolute atomic E-state index is 12.1. The van der Waals surface area contributed by atoms with E-state index in [1.54, 1.807) is 30.5 Å². The molecule has 1 aromatic carbocycles. The summed E-state index contributed by atoms with van der Waals surface area (Å²) in [6.07, 6.45) is 1.65. The first-order chi connectivity index (χ1) is 8.97. The van der Waals surface area contributed by atoms with Crippen LogP contribution in [0.3, 0.4) is 0 Å². The number of rotatable bonds is 2. The molecule has 0 bridgehead atoms. The Hall–Kier alpha value is -0.910. The maximum atomic E-state index is 12.1. The summed E-state index contributed by atoms with van der Waals surface area (Å²) in [5.41, 5.74) is 1.51. The van der Waals surface area contributed by atoms with Crippen molar-refractivity contribution in [2.75, 3.05) is 5.32 Å². The van der Waals surface area contributed by atoms with Gasteiger partial charge in [-0.3, -0.25) is 4.79 Å². The van der Waals surface area contributed by atoms with Gasteiger partial charge in [0.1, 0.15) is 5.82 Å². The minimum Gasteiger partial charge on any atom is -0.307 e. The number of halogens is 3. The molecule has 0 aliphatic rings. The highest BCUT2D eigenvalue weighted by Gasteiger charge is 2.11. The van der Waals surface area contributed by atoms with E-state index in [9.17, 15) is 4.79 Å². The van der Waals surface area contributed by atoms with Crippen molar-refractivity contribution < 1.29 is 4.79 Å². The van der Waals surface area contributed by atoms with Gasteiger partial charge in [0.25, 0.3) is 5.91 Å². The van der Waals surface area contributed by atoms with Crippen LogP contribution < -0.4 is 5.32 Å². The van der Waals surface area contributed by atoms with Gasteiger partial charge in [-0.05, 0) is 68.6 Å². The number of nitrogens with one attached hydrogen (secondary N) is 1. The standard InChI is InChI=1S/C13H9Br2ClN2O/c1-7-4-12(17-6-11(7)15)18-13(19)9-3-2-8(16)5-10(9)14/h2-6H,1H3,(H,17,18,19). The zero-order valence-corrected chi connectivity index (χ0v) is 13.8. The first-order valence-corrected chi connectivity index (χ1v) is 7.32. The Kier molecular flexibility index (Phi) is 4.60. The monoisotopic (exact) mass is 402 g/mol. The van der Waals surface area contributed by atoms with Gasteiger partial charge in [0.2, 0.25) is 0 Å². The van der Waals surface area contributed by atoms with E-state index in [1.807, 2.05) is 6.92 Å². The fraction of sp³-hybridized carbons (Fsp3) is 0.0769. The third kappa shape index (κ3) is 3.55. The molecule has 1 amide bonds. The summed E-state index contributed by atoms with van der Waals surface area (Å²) in [5, 5.41) is 3.31. The Morgan fingerprint density at radius 2 is 2.00 bits per heavy atom. The molecule has 0 fully saturated rings. The highest BCUT2D eigenvalue weighted by atomic mass is 79.9. The summed E-state index contributed by atoms with van der Waals surface area (Å²) >= 11 is 12.5. The highest BCUT2D eigenvalue weighted by molar-refractivity contribution is 9.10. The number of carbonyl (C=O) groups excluding carboxylic acids is 1. The lowest BCUT2D eigenvalue weighted by Crippen LogP contribution is -2.13. The molecule has 0 aliphatic heterocycles. The van der Waals surface area contributed by atoms with Crippen molar-refractivity contribution in [3.63, 3.8) is 0 Å².